The highest BCUT2D eigenvalue weighted by molar-refractivity contribution is 14.0. The molecule has 6 nitrogen and oxygen atoms in total. The first kappa shape index (κ1) is 23.1. The number of hydrogen-bond acceptors (Lipinski definition) is 4. The standard InChI is InChI=1S/C22H29N3O3.HI/c1-16(28-20-6-4-5-19(14-20)26-3)15-25-22(23-2)24-11-9-17-7-8-21-18(13-17)10-12-27-21;/h4-8,13-14,16H,9-12,15H2,1-3H3,(H2,23,24,25);1H. The summed E-state index contributed by atoms with van der Waals surface area (Å²) >= 11 is 0. The topological polar surface area (TPSA) is 64.1 Å². The third kappa shape index (κ3) is 6.99. The Balaban J connectivity index is 0.00000300. The van der Waals surface area contributed by atoms with Crippen molar-refractivity contribution in [2.45, 2.75) is 25.9 Å². The molecule has 1 unspecified atom stereocenters. The number of ether oxygens (including phenoxy) is 3. The molecule has 1 aliphatic heterocycles. The summed E-state index contributed by atoms with van der Waals surface area (Å²) < 4.78 is 16.7. The molecule has 1 aliphatic rings. The van der Waals surface area contributed by atoms with Crippen LogP contribution in [-0.2, 0) is 12.8 Å². The Morgan fingerprint density at radius 1 is 1.17 bits per heavy atom. The third-order valence-electron chi connectivity index (χ3n) is 4.62. The van der Waals surface area contributed by atoms with Gasteiger partial charge in [-0.1, -0.05) is 18.2 Å². The first-order valence-electron chi connectivity index (χ1n) is 9.68. The molecule has 2 aromatic carbocycles. The molecule has 0 spiro atoms. The number of guanidine groups is 1. The van der Waals surface area contributed by atoms with Gasteiger partial charge >= 0.3 is 0 Å². The predicted octanol–water partition coefficient (Wildman–Crippen LogP) is 3.42. The first-order valence-corrected chi connectivity index (χ1v) is 9.68. The summed E-state index contributed by atoms with van der Waals surface area (Å²) in [5, 5.41) is 6.66. The van der Waals surface area contributed by atoms with Crippen LogP contribution in [0, 0.1) is 0 Å². The van der Waals surface area contributed by atoms with Gasteiger partial charge in [-0.3, -0.25) is 4.99 Å². The molecule has 2 aromatic rings. The highest BCUT2D eigenvalue weighted by Gasteiger charge is 2.12. The summed E-state index contributed by atoms with van der Waals surface area (Å²) in [6, 6.07) is 14.1. The summed E-state index contributed by atoms with van der Waals surface area (Å²) in [4.78, 5) is 4.28. The molecule has 0 radical (unpaired) electrons. The van der Waals surface area contributed by atoms with Crippen molar-refractivity contribution in [2.75, 3.05) is 33.9 Å². The zero-order valence-corrected chi connectivity index (χ0v) is 19.6. The summed E-state index contributed by atoms with van der Waals surface area (Å²) in [6.07, 6.45) is 1.93. The van der Waals surface area contributed by atoms with Crippen LogP contribution in [0.5, 0.6) is 17.2 Å². The van der Waals surface area contributed by atoms with Gasteiger partial charge < -0.3 is 24.8 Å². The predicted molar refractivity (Wildman–Crippen MR) is 127 cm³/mol. The molecule has 0 saturated carbocycles. The van der Waals surface area contributed by atoms with E-state index in [9.17, 15) is 0 Å². The molecular weight excluding hydrogens is 481 g/mol. The SMILES string of the molecule is CN=C(NCCc1ccc2c(c1)CCO2)NCC(C)Oc1cccc(OC)c1.I. The van der Waals surface area contributed by atoms with Crippen LogP contribution >= 0.6 is 24.0 Å². The van der Waals surface area contributed by atoms with Crippen LogP contribution in [0.25, 0.3) is 0 Å². The molecular formula is C22H30IN3O3. The van der Waals surface area contributed by atoms with Crippen LogP contribution < -0.4 is 24.8 Å². The van der Waals surface area contributed by atoms with Gasteiger partial charge in [-0.05, 0) is 42.7 Å². The monoisotopic (exact) mass is 511 g/mol. The van der Waals surface area contributed by atoms with Crippen molar-refractivity contribution in [3.8, 4) is 17.2 Å². The normalized spacial score (nSPS) is 13.6. The Kier molecular flexibility index (Phi) is 9.37. The number of fused-ring (bicyclic) bond motifs is 1. The lowest BCUT2D eigenvalue weighted by molar-refractivity contribution is 0.223. The Labute approximate surface area is 190 Å². The quantitative estimate of drug-likeness (QED) is 0.323. The number of nitrogens with zero attached hydrogens (tertiary/aromatic N) is 1. The lowest BCUT2D eigenvalue weighted by Gasteiger charge is -2.18. The second-order valence-electron chi connectivity index (χ2n) is 6.78. The van der Waals surface area contributed by atoms with E-state index in [0.717, 1.165) is 49.2 Å². The van der Waals surface area contributed by atoms with Crippen molar-refractivity contribution in [1.82, 2.24) is 10.6 Å². The van der Waals surface area contributed by atoms with Gasteiger partial charge in [0, 0.05) is 26.1 Å². The van der Waals surface area contributed by atoms with Gasteiger partial charge in [0.1, 0.15) is 23.4 Å². The third-order valence-corrected chi connectivity index (χ3v) is 4.62. The lowest BCUT2D eigenvalue weighted by atomic mass is 10.1. The van der Waals surface area contributed by atoms with Crippen molar-refractivity contribution in [3.63, 3.8) is 0 Å². The van der Waals surface area contributed by atoms with Gasteiger partial charge in [-0.2, -0.15) is 0 Å². The van der Waals surface area contributed by atoms with E-state index in [0.29, 0.717) is 6.54 Å². The molecule has 0 aromatic heterocycles. The van der Waals surface area contributed by atoms with Gasteiger partial charge in [0.25, 0.3) is 0 Å². The Hall–Kier alpha value is -2.16. The van der Waals surface area contributed by atoms with Crippen LogP contribution in [-0.4, -0.2) is 45.9 Å². The summed E-state index contributed by atoms with van der Waals surface area (Å²) in [5.74, 6) is 3.37. The van der Waals surface area contributed by atoms with Gasteiger partial charge in [0.15, 0.2) is 5.96 Å². The minimum atomic E-state index is -0.0117. The van der Waals surface area contributed by atoms with Gasteiger partial charge in [0.2, 0.25) is 0 Å². The maximum Gasteiger partial charge on any atom is 0.191 e. The number of rotatable bonds is 8. The molecule has 158 valence electrons. The Bertz CT molecular complexity index is 814. The van der Waals surface area contributed by atoms with Crippen molar-refractivity contribution in [2.24, 2.45) is 4.99 Å². The second kappa shape index (κ2) is 11.7. The van der Waals surface area contributed by atoms with Crippen molar-refractivity contribution < 1.29 is 14.2 Å². The summed E-state index contributed by atoms with van der Waals surface area (Å²) in [5.41, 5.74) is 2.62. The van der Waals surface area contributed by atoms with Crippen LogP contribution in [0.2, 0.25) is 0 Å². The smallest absolute Gasteiger partial charge is 0.191 e. The molecule has 1 heterocycles. The Morgan fingerprint density at radius 2 is 2.00 bits per heavy atom. The van der Waals surface area contributed by atoms with Crippen LogP contribution in [0.1, 0.15) is 18.1 Å². The number of hydrogen-bond donors (Lipinski definition) is 2. The molecule has 3 rings (SSSR count). The highest BCUT2D eigenvalue weighted by atomic mass is 127. The minimum Gasteiger partial charge on any atom is -0.497 e. The molecule has 0 aliphatic carbocycles. The maximum atomic E-state index is 5.93. The van der Waals surface area contributed by atoms with E-state index >= 15 is 0 Å². The summed E-state index contributed by atoms with van der Waals surface area (Å²) in [6.45, 7) is 4.27. The zero-order valence-electron chi connectivity index (χ0n) is 17.2. The van der Waals surface area contributed by atoms with E-state index in [4.69, 9.17) is 14.2 Å². The van der Waals surface area contributed by atoms with Crippen molar-refractivity contribution >= 4 is 29.9 Å². The van der Waals surface area contributed by atoms with Gasteiger partial charge in [0.05, 0.1) is 20.3 Å². The fraction of sp³-hybridized carbons (Fsp3) is 0.409. The first-order chi connectivity index (χ1) is 13.7. The van der Waals surface area contributed by atoms with E-state index in [2.05, 4.69) is 33.8 Å². The molecule has 0 fully saturated rings. The minimum absolute atomic E-state index is 0. The van der Waals surface area contributed by atoms with E-state index in [-0.39, 0.29) is 30.1 Å². The fourth-order valence-corrected chi connectivity index (χ4v) is 3.13. The maximum absolute atomic E-state index is 5.93. The number of halogens is 1. The van der Waals surface area contributed by atoms with Crippen LogP contribution in [0.4, 0.5) is 0 Å². The highest BCUT2D eigenvalue weighted by Crippen LogP contribution is 2.25. The van der Waals surface area contributed by atoms with Crippen molar-refractivity contribution in [1.29, 1.82) is 0 Å². The molecule has 1 atom stereocenters. The van der Waals surface area contributed by atoms with E-state index in [1.165, 1.54) is 11.1 Å². The molecule has 2 N–H and O–H groups in total. The van der Waals surface area contributed by atoms with Crippen LogP contribution in [0.3, 0.4) is 0 Å². The zero-order chi connectivity index (χ0) is 19.8. The number of nitrogens with one attached hydrogen (secondary N) is 2. The molecule has 0 saturated heterocycles. The van der Waals surface area contributed by atoms with Gasteiger partial charge in [-0.15, -0.1) is 24.0 Å². The van der Waals surface area contributed by atoms with Crippen molar-refractivity contribution in [3.05, 3.63) is 53.6 Å². The average Bonchev–Trinajstić information content (AvgIpc) is 3.18. The molecule has 0 bridgehead atoms. The summed E-state index contributed by atoms with van der Waals surface area (Å²) in [7, 11) is 3.42. The van der Waals surface area contributed by atoms with Gasteiger partial charge in [-0.25, -0.2) is 0 Å². The van der Waals surface area contributed by atoms with Crippen LogP contribution in [0.15, 0.2) is 47.5 Å². The average molecular weight is 511 g/mol. The molecule has 29 heavy (non-hydrogen) atoms. The second-order valence-corrected chi connectivity index (χ2v) is 6.78. The fourth-order valence-electron chi connectivity index (χ4n) is 3.13. The van der Waals surface area contributed by atoms with E-state index in [1.54, 1.807) is 14.2 Å². The van der Waals surface area contributed by atoms with E-state index < -0.39 is 0 Å². The molecule has 0 amide bonds. The van der Waals surface area contributed by atoms with E-state index in [1.807, 2.05) is 31.2 Å². The Morgan fingerprint density at radius 3 is 2.79 bits per heavy atom. The number of methoxy groups -OCH3 is 1. The molecule has 7 heteroatoms. The lowest BCUT2D eigenvalue weighted by Crippen LogP contribution is -2.42. The largest absolute Gasteiger partial charge is 0.497 e. The number of benzene rings is 2. The number of aliphatic imine (C=N–C) groups is 1.